The Labute approximate surface area is 158 Å². The third-order valence-electron chi connectivity index (χ3n) is 3.64. The number of hydrogen-bond donors (Lipinski definition) is 1. The molecule has 0 aliphatic heterocycles. The van der Waals surface area contributed by atoms with Gasteiger partial charge < -0.3 is 5.32 Å². The Hall–Kier alpha value is -2.77. The number of rotatable bonds is 6. The van der Waals surface area contributed by atoms with Crippen LogP contribution in [0.4, 0.5) is 5.69 Å². The van der Waals surface area contributed by atoms with E-state index in [1.165, 1.54) is 23.5 Å². The fourth-order valence-electron chi connectivity index (χ4n) is 2.33. The van der Waals surface area contributed by atoms with Crippen LogP contribution in [0.3, 0.4) is 0 Å². The number of benzene rings is 2. The first-order chi connectivity index (χ1) is 12.5. The molecule has 0 aliphatic rings. The zero-order chi connectivity index (χ0) is 18.5. The molecule has 0 unspecified atom stereocenters. The molecule has 0 spiro atoms. The summed E-state index contributed by atoms with van der Waals surface area (Å²) in [6.07, 6.45) is 0.601. The van der Waals surface area contributed by atoms with Crippen molar-refractivity contribution in [3.63, 3.8) is 0 Å². The van der Waals surface area contributed by atoms with Gasteiger partial charge in [0.2, 0.25) is 0 Å². The molecule has 0 radical (unpaired) electrons. The average molecular weight is 388 g/mol. The van der Waals surface area contributed by atoms with Crippen molar-refractivity contribution >= 4 is 34.5 Å². The second-order valence-corrected chi connectivity index (χ2v) is 6.83. The predicted octanol–water partition coefficient (Wildman–Crippen LogP) is 4.34. The molecule has 0 fully saturated rings. The minimum Gasteiger partial charge on any atom is -0.352 e. The molecule has 0 atom stereocenters. The molecule has 26 heavy (non-hydrogen) atoms. The first-order valence-electron chi connectivity index (χ1n) is 7.76. The van der Waals surface area contributed by atoms with E-state index in [1.807, 2.05) is 5.38 Å². The average Bonchev–Trinajstić information content (AvgIpc) is 3.10. The van der Waals surface area contributed by atoms with E-state index in [9.17, 15) is 14.9 Å². The van der Waals surface area contributed by atoms with E-state index in [4.69, 9.17) is 11.6 Å². The maximum Gasteiger partial charge on any atom is 0.269 e. The summed E-state index contributed by atoms with van der Waals surface area (Å²) in [6, 6.07) is 13.0. The van der Waals surface area contributed by atoms with E-state index >= 15 is 0 Å². The van der Waals surface area contributed by atoms with Crippen LogP contribution in [-0.2, 0) is 6.42 Å². The van der Waals surface area contributed by atoms with Crippen molar-refractivity contribution in [2.24, 2.45) is 0 Å². The van der Waals surface area contributed by atoms with Crippen LogP contribution in [0, 0.1) is 10.1 Å². The van der Waals surface area contributed by atoms with E-state index in [-0.39, 0.29) is 11.6 Å². The molecule has 0 saturated heterocycles. The Morgan fingerprint density at radius 3 is 2.69 bits per heavy atom. The number of nitro groups is 1. The minimum absolute atomic E-state index is 0.0490. The van der Waals surface area contributed by atoms with Gasteiger partial charge in [0.15, 0.2) is 0 Å². The molecule has 1 N–H and O–H groups in total. The zero-order valence-corrected chi connectivity index (χ0v) is 15.1. The summed E-state index contributed by atoms with van der Waals surface area (Å²) in [4.78, 5) is 26.8. The maximum absolute atomic E-state index is 12.1. The van der Waals surface area contributed by atoms with E-state index in [2.05, 4.69) is 10.3 Å². The molecular formula is C18H14ClN3O3S. The lowest BCUT2D eigenvalue weighted by atomic mass is 10.1. The van der Waals surface area contributed by atoms with E-state index in [0.29, 0.717) is 23.6 Å². The van der Waals surface area contributed by atoms with Gasteiger partial charge in [0.05, 0.1) is 15.6 Å². The third kappa shape index (κ3) is 4.44. The minimum atomic E-state index is -0.432. The Bertz CT molecular complexity index is 941. The highest BCUT2D eigenvalue weighted by atomic mass is 35.5. The fourth-order valence-corrected chi connectivity index (χ4v) is 3.32. The number of nitrogens with zero attached hydrogens (tertiary/aromatic N) is 2. The lowest BCUT2D eigenvalue weighted by molar-refractivity contribution is -0.384. The van der Waals surface area contributed by atoms with Gasteiger partial charge in [0.25, 0.3) is 11.6 Å². The summed E-state index contributed by atoms with van der Waals surface area (Å²) >= 11 is 7.37. The highest BCUT2D eigenvalue weighted by molar-refractivity contribution is 7.09. The molecule has 0 aliphatic carbocycles. The molecular weight excluding hydrogens is 374 g/mol. The third-order valence-corrected chi connectivity index (χ3v) is 4.78. The molecule has 1 aromatic heterocycles. The van der Waals surface area contributed by atoms with Crippen molar-refractivity contribution < 1.29 is 9.72 Å². The number of non-ortho nitro benzene ring substituents is 1. The van der Waals surface area contributed by atoms with Crippen molar-refractivity contribution in [2.45, 2.75) is 6.42 Å². The summed E-state index contributed by atoms with van der Waals surface area (Å²) < 4.78 is 0. The molecule has 0 bridgehead atoms. The largest absolute Gasteiger partial charge is 0.352 e. The van der Waals surface area contributed by atoms with Crippen molar-refractivity contribution in [1.82, 2.24) is 10.3 Å². The van der Waals surface area contributed by atoms with Crippen LogP contribution >= 0.6 is 22.9 Å². The second kappa shape index (κ2) is 8.07. The number of thiazole rings is 1. The van der Waals surface area contributed by atoms with E-state index in [0.717, 1.165) is 16.3 Å². The number of carbonyl (C=O) groups excluding carboxylic acids is 1. The van der Waals surface area contributed by atoms with Crippen LogP contribution in [0.15, 0.2) is 53.9 Å². The molecule has 132 valence electrons. The number of hydrogen-bond acceptors (Lipinski definition) is 5. The number of carbonyl (C=O) groups is 1. The number of nitrogens with one attached hydrogen (secondary N) is 1. The molecule has 6 nitrogen and oxygen atoms in total. The van der Waals surface area contributed by atoms with Crippen molar-refractivity contribution in [3.8, 4) is 11.3 Å². The van der Waals surface area contributed by atoms with Crippen LogP contribution in [0.25, 0.3) is 11.3 Å². The van der Waals surface area contributed by atoms with Crippen LogP contribution in [0.2, 0.25) is 5.02 Å². The topological polar surface area (TPSA) is 85.1 Å². The molecule has 1 heterocycles. The molecule has 0 saturated carbocycles. The Kier molecular flexibility index (Phi) is 5.60. The Balaban J connectivity index is 1.57. The number of nitro benzene ring substituents is 1. The number of aromatic nitrogens is 1. The van der Waals surface area contributed by atoms with Crippen LogP contribution in [0.1, 0.15) is 15.4 Å². The van der Waals surface area contributed by atoms with Gasteiger partial charge in [-0.1, -0.05) is 17.7 Å². The summed E-state index contributed by atoms with van der Waals surface area (Å²) in [5.41, 5.74) is 2.15. The normalized spacial score (nSPS) is 10.5. The Morgan fingerprint density at radius 1 is 1.23 bits per heavy atom. The Morgan fingerprint density at radius 2 is 2.00 bits per heavy atom. The van der Waals surface area contributed by atoms with E-state index in [1.54, 1.807) is 36.4 Å². The first-order valence-corrected chi connectivity index (χ1v) is 9.02. The van der Waals surface area contributed by atoms with Gasteiger partial charge in [-0.2, -0.15) is 0 Å². The van der Waals surface area contributed by atoms with Gasteiger partial charge in [0, 0.05) is 46.6 Å². The van der Waals surface area contributed by atoms with Crippen molar-refractivity contribution in [3.05, 3.63) is 79.6 Å². The maximum atomic E-state index is 12.1. The molecule has 1 amide bonds. The van der Waals surface area contributed by atoms with Gasteiger partial charge in [-0.25, -0.2) is 4.98 Å². The summed E-state index contributed by atoms with van der Waals surface area (Å²) in [6.45, 7) is 0.457. The van der Waals surface area contributed by atoms with Gasteiger partial charge in [-0.05, 0) is 30.3 Å². The number of halogens is 1. The highest BCUT2D eigenvalue weighted by Crippen LogP contribution is 2.24. The SMILES string of the molecule is O=C(NCCc1nc(-c2ccc([N+](=O)[O-])cc2)cs1)c1cccc(Cl)c1. The first kappa shape index (κ1) is 18.0. The summed E-state index contributed by atoms with van der Waals surface area (Å²) in [5.74, 6) is -0.181. The monoisotopic (exact) mass is 387 g/mol. The van der Waals surface area contributed by atoms with Gasteiger partial charge in [0.1, 0.15) is 0 Å². The fraction of sp³-hybridized carbons (Fsp3) is 0.111. The molecule has 3 rings (SSSR count). The van der Waals surface area contributed by atoms with Crippen molar-refractivity contribution in [1.29, 1.82) is 0 Å². The highest BCUT2D eigenvalue weighted by Gasteiger charge is 2.09. The van der Waals surface area contributed by atoms with Crippen LogP contribution in [-0.4, -0.2) is 22.4 Å². The second-order valence-electron chi connectivity index (χ2n) is 5.45. The van der Waals surface area contributed by atoms with Crippen LogP contribution in [0.5, 0.6) is 0 Å². The van der Waals surface area contributed by atoms with Gasteiger partial charge in [-0.15, -0.1) is 11.3 Å². The summed E-state index contributed by atoms with van der Waals surface area (Å²) in [7, 11) is 0. The lowest BCUT2D eigenvalue weighted by Crippen LogP contribution is -2.25. The van der Waals surface area contributed by atoms with Crippen molar-refractivity contribution in [2.75, 3.05) is 6.54 Å². The van der Waals surface area contributed by atoms with Crippen LogP contribution < -0.4 is 5.32 Å². The van der Waals surface area contributed by atoms with Gasteiger partial charge in [-0.3, -0.25) is 14.9 Å². The quantitative estimate of drug-likeness (QED) is 0.503. The summed E-state index contributed by atoms with van der Waals surface area (Å²) in [5, 5.41) is 16.8. The molecule has 8 heteroatoms. The zero-order valence-electron chi connectivity index (χ0n) is 13.5. The predicted molar refractivity (Wildman–Crippen MR) is 102 cm³/mol. The number of amides is 1. The molecule has 3 aromatic rings. The molecule has 2 aromatic carbocycles. The lowest BCUT2D eigenvalue weighted by Gasteiger charge is -2.04. The van der Waals surface area contributed by atoms with Gasteiger partial charge >= 0.3 is 0 Å². The smallest absolute Gasteiger partial charge is 0.269 e. The standard InChI is InChI=1S/C18H14ClN3O3S/c19-14-3-1-2-13(10-14)18(23)20-9-8-17-21-16(11-26-17)12-4-6-15(7-5-12)22(24)25/h1-7,10-11H,8-9H2,(H,20,23). The van der Waals surface area contributed by atoms with E-state index < -0.39 is 4.92 Å².